The fraction of sp³-hybridized carbons (Fsp3) is 0.897. The minimum absolute atomic E-state index is 0. The van der Waals surface area contributed by atoms with E-state index >= 15 is 0 Å². The summed E-state index contributed by atoms with van der Waals surface area (Å²) in [4.78, 5) is 0. The molecular weight excluding hydrogens is 456 g/mol. The lowest BCUT2D eigenvalue weighted by atomic mass is 10.1. The van der Waals surface area contributed by atoms with Crippen LogP contribution in [0.1, 0.15) is 155 Å². The number of nitrogens with zero attached hydrogens (tertiary/aromatic N) is 2. The van der Waals surface area contributed by atoms with E-state index in [1.807, 2.05) is 0 Å². The molecule has 3 heteroatoms. The van der Waals surface area contributed by atoms with Crippen molar-refractivity contribution >= 4 is 0 Å². The molecule has 0 aliphatic heterocycles. The van der Waals surface area contributed by atoms with E-state index in [0.717, 1.165) is 0 Å². The van der Waals surface area contributed by atoms with Crippen molar-refractivity contribution in [1.29, 1.82) is 0 Å². The first-order valence-corrected chi connectivity index (χ1v) is 14.4. The predicted octanol–water partition coefficient (Wildman–Crippen LogP) is 6.40. The zero-order valence-corrected chi connectivity index (χ0v) is 23.6. The van der Waals surface area contributed by atoms with Gasteiger partial charge in [-0.2, -0.15) is 0 Å². The minimum atomic E-state index is 0. The summed E-state index contributed by atoms with van der Waals surface area (Å²) in [6, 6.07) is 0. The van der Waals surface area contributed by atoms with Gasteiger partial charge in [0.2, 0.25) is 6.33 Å². The van der Waals surface area contributed by atoms with Crippen molar-refractivity contribution in [1.82, 2.24) is 4.57 Å². The molecule has 0 amide bonds. The number of unbranched alkanes of at least 4 members (excludes halogenated alkanes) is 20. The van der Waals surface area contributed by atoms with Gasteiger partial charge in [0.25, 0.3) is 0 Å². The van der Waals surface area contributed by atoms with Gasteiger partial charge in [-0.15, -0.1) is 0 Å². The molecule has 0 spiro atoms. The van der Waals surface area contributed by atoms with E-state index in [-0.39, 0.29) is 17.0 Å². The molecule has 1 aromatic rings. The molecule has 190 valence electrons. The van der Waals surface area contributed by atoms with E-state index in [4.69, 9.17) is 0 Å². The third-order valence-corrected chi connectivity index (χ3v) is 6.79. The Labute approximate surface area is 212 Å². The van der Waals surface area contributed by atoms with Crippen molar-refractivity contribution in [2.45, 2.75) is 168 Å². The molecule has 32 heavy (non-hydrogen) atoms. The van der Waals surface area contributed by atoms with E-state index < -0.39 is 0 Å². The van der Waals surface area contributed by atoms with Crippen molar-refractivity contribution in [2.24, 2.45) is 0 Å². The average molecular weight is 514 g/mol. The summed E-state index contributed by atoms with van der Waals surface area (Å²) in [7, 11) is 0. The molecule has 1 rings (SSSR count). The Balaban J connectivity index is 0.00000961. The molecule has 0 unspecified atom stereocenters. The Kier molecular flexibility index (Phi) is 25.1. The highest BCUT2D eigenvalue weighted by Crippen LogP contribution is 2.12. The van der Waals surface area contributed by atoms with Crippen LogP contribution in [0.3, 0.4) is 0 Å². The largest absolute Gasteiger partial charge is 1.00 e. The number of halogens is 1. The fourth-order valence-electron chi connectivity index (χ4n) is 4.62. The van der Waals surface area contributed by atoms with Crippen molar-refractivity contribution in [2.75, 3.05) is 0 Å². The van der Waals surface area contributed by atoms with Crippen molar-refractivity contribution in [3.63, 3.8) is 0 Å². The van der Waals surface area contributed by atoms with Crippen LogP contribution in [0.4, 0.5) is 0 Å². The smallest absolute Gasteiger partial charge is 0.243 e. The second-order valence-corrected chi connectivity index (χ2v) is 9.96. The molecule has 0 saturated carbocycles. The molecule has 1 heterocycles. The molecule has 0 N–H and O–H groups in total. The van der Waals surface area contributed by atoms with Gasteiger partial charge in [-0.05, 0) is 25.7 Å². The normalized spacial score (nSPS) is 11.1. The van der Waals surface area contributed by atoms with E-state index in [1.54, 1.807) is 0 Å². The highest BCUT2D eigenvalue weighted by Gasteiger charge is 2.03. The summed E-state index contributed by atoms with van der Waals surface area (Å²) in [6.07, 6.45) is 38.2. The van der Waals surface area contributed by atoms with Gasteiger partial charge < -0.3 is 17.0 Å². The standard InChI is InChI=1S/C29H57N2.BrH/c1-3-5-7-9-11-13-15-16-18-20-22-24-26-31-28-27-30(29-31)25-23-21-19-17-14-12-10-8-6-4-2;/h27-29H,3-26H2,1-2H3;1H/q+1;/p-1. The van der Waals surface area contributed by atoms with Gasteiger partial charge in [0.05, 0.1) is 13.1 Å². The quantitative estimate of drug-likeness (QED) is 0.112. The zero-order chi connectivity index (χ0) is 22.2. The highest BCUT2D eigenvalue weighted by molar-refractivity contribution is 4.66. The molecule has 0 fully saturated rings. The number of rotatable bonds is 24. The third kappa shape index (κ3) is 20.3. The lowest BCUT2D eigenvalue weighted by Gasteiger charge is -2.02. The highest BCUT2D eigenvalue weighted by atomic mass is 79.9. The summed E-state index contributed by atoms with van der Waals surface area (Å²) in [5.41, 5.74) is 0. The molecule has 0 bridgehead atoms. The van der Waals surface area contributed by atoms with Crippen LogP contribution in [0.5, 0.6) is 0 Å². The monoisotopic (exact) mass is 512 g/mol. The number of aryl methyl sites for hydroxylation is 2. The Morgan fingerprint density at radius 1 is 0.500 bits per heavy atom. The molecule has 0 atom stereocenters. The van der Waals surface area contributed by atoms with Gasteiger partial charge in [-0.25, -0.2) is 9.13 Å². The van der Waals surface area contributed by atoms with Crippen LogP contribution in [-0.4, -0.2) is 4.57 Å². The second kappa shape index (κ2) is 25.3. The Hall–Kier alpha value is -0.310. The first kappa shape index (κ1) is 31.7. The Morgan fingerprint density at radius 2 is 0.875 bits per heavy atom. The van der Waals surface area contributed by atoms with Gasteiger partial charge in [-0.3, -0.25) is 0 Å². The van der Waals surface area contributed by atoms with Crippen LogP contribution >= 0.6 is 0 Å². The molecule has 0 saturated heterocycles. The first-order valence-electron chi connectivity index (χ1n) is 14.4. The number of imidazole rings is 1. The van der Waals surface area contributed by atoms with Gasteiger partial charge in [0.1, 0.15) is 12.4 Å². The van der Waals surface area contributed by atoms with Crippen LogP contribution in [0.25, 0.3) is 0 Å². The molecule has 2 nitrogen and oxygen atoms in total. The maximum atomic E-state index is 2.40. The van der Waals surface area contributed by atoms with Crippen molar-refractivity contribution < 1.29 is 21.5 Å². The number of hydrogen-bond acceptors (Lipinski definition) is 0. The minimum Gasteiger partial charge on any atom is -1.00 e. The maximum Gasteiger partial charge on any atom is 0.243 e. The Bertz CT molecular complexity index is 471. The van der Waals surface area contributed by atoms with Crippen LogP contribution in [-0.2, 0) is 13.1 Å². The molecular formula is C29H57BrN2. The van der Waals surface area contributed by atoms with E-state index in [1.165, 1.54) is 154 Å². The van der Waals surface area contributed by atoms with Gasteiger partial charge >= 0.3 is 0 Å². The van der Waals surface area contributed by atoms with Crippen molar-refractivity contribution in [3.05, 3.63) is 18.7 Å². The van der Waals surface area contributed by atoms with Crippen molar-refractivity contribution in [3.8, 4) is 0 Å². The molecule has 0 aliphatic rings. The lowest BCUT2D eigenvalue weighted by molar-refractivity contribution is -0.696. The second-order valence-electron chi connectivity index (χ2n) is 9.96. The molecule has 0 aromatic carbocycles. The van der Waals surface area contributed by atoms with Crippen LogP contribution in [0, 0.1) is 0 Å². The summed E-state index contributed by atoms with van der Waals surface area (Å²) >= 11 is 0. The fourth-order valence-corrected chi connectivity index (χ4v) is 4.62. The maximum absolute atomic E-state index is 2.40. The third-order valence-electron chi connectivity index (χ3n) is 6.79. The lowest BCUT2D eigenvalue weighted by Crippen LogP contribution is -3.00. The predicted molar refractivity (Wildman–Crippen MR) is 138 cm³/mol. The molecule has 0 radical (unpaired) electrons. The van der Waals surface area contributed by atoms with E-state index in [9.17, 15) is 0 Å². The Morgan fingerprint density at radius 3 is 1.31 bits per heavy atom. The van der Waals surface area contributed by atoms with Crippen LogP contribution in [0.15, 0.2) is 18.7 Å². The summed E-state index contributed by atoms with van der Waals surface area (Å²) in [6.45, 7) is 6.99. The SMILES string of the molecule is CCCCCCCCCCCCCC[n+]1ccn(CCCCCCCCCCCC)c1.[Br-]. The number of aromatic nitrogens is 2. The van der Waals surface area contributed by atoms with Crippen LogP contribution < -0.4 is 21.5 Å². The number of hydrogen-bond donors (Lipinski definition) is 0. The van der Waals surface area contributed by atoms with Gasteiger partial charge in [-0.1, -0.05) is 129 Å². The summed E-state index contributed by atoms with van der Waals surface area (Å²) in [5.74, 6) is 0. The van der Waals surface area contributed by atoms with Gasteiger partial charge in [0.15, 0.2) is 0 Å². The van der Waals surface area contributed by atoms with E-state index in [0.29, 0.717) is 0 Å². The first-order chi connectivity index (χ1) is 15.4. The van der Waals surface area contributed by atoms with E-state index in [2.05, 4.69) is 41.7 Å². The zero-order valence-electron chi connectivity index (χ0n) is 22.0. The summed E-state index contributed by atoms with van der Waals surface area (Å²) in [5, 5.41) is 0. The van der Waals surface area contributed by atoms with Crippen LogP contribution in [0.2, 0.25) is 0 Å². The average Bonchev–Trinajstić information content (AvgIpc) is 3.23. The van der Waals surface area contributed by atoms with Gasteiger partial charge in [0, 0.05) is 0 Å². The topological polar surface area (TPSA) is 8.81 Å². The molecule has 0 aliphatic carbocycles. The summed E-state index contributed by atoms with van der Waals surface area (Å²) < 4.78 is 4.79. The molecule has 1 aromatic heterocycles.